The molecule has 0 aromatic heterocycles. The Morgan fingerprint density at radius 3 is 2.05 bits per heavy atom. The first-order valence-electron chi connectivity index (χ1n) is 9.58. The first-order valence-corrected chi connectivity index (χ1v) is 9.58. The van der Waals surface area contributed by atoms with Crippen LogP contribution in [0.1, 0.15) is 98.3 Å². The molecule has 1 heteroatoms. The maximum atomic E-state index is 3.49. The van der Waals surface area contributed by atoms with E-state index in [4.69, 9.17) is 0 Å². The molecule has 21 heavy (non-hydrogen) atoms. The Hall–Kier alpha value is -0.0400. The molecule has 1 saturated carbocycles. The fraction of sp³-hybridized carbons (Fsp3) is 1.00. The highest BCUT2D eigenvalue weighted by Gasteiger charge is 2.37. The zero-order chi connectivity index (χ0) is 15.8. The van der Waals surface area contributed by atoms with Crippen molar-refractivity contribution in [1.29, 1.82) is 0 Å². The average Bonchev–Trinajstić information content (AvgIpc) is 2.43. The summed E-state index contributed by atoms with van der Waals surface area (Å²) in [5.74, 6) is 0.937. The van der Waals surface area contributed by atoms with Crippen LogP contribution in [0.15, 0.2) is 0 Å². The highest BCUT2D eigenvalue weighted by molar-refractivity contribution is 4.90. The molecule has 0 aromatic rings. The minimum atomic E-state index is 0.506. The van der Waals surface area contributed by atoms with Crippen molar-refractivity contribution in [2.45, 2.75) is 98.3 Å². The molecule has 1 aliphatic carbocycles. The van der Waals surface area contributed by atoms with E-state index in [1.54, 1.807) is 0 Å². The smallest absolute Gasteiger partial charge is 0.000481 e. The van der Waals surface area contributed by atoms with Crippen LogP contribution in [-0.4, -0.2) is 13.6 Å². The summed E-state index contributed by atoms with van der Waals surface area (Å²) < 4.78 is 0. The maximum absolute atomic E-state index is 3.49. The molecule has 1 rings (SSSR count). The largest absolute Gasteiger partial charge is 0.319 e. The van der Waals surface area contributed by atoms with Gasteiger partial charge in [-0.1, -0.05) is 66.2 Å². The van der Waals surface area contributed by atoms with Crippen LogP contribution in [0.4, 0.5) is 0 Å². The van der Waals surface area contributed by atoms with Crippen molar-refractivity contribution in [2.75, 3.05) is 13.6 Å². The van der Waals surface area contributed by atoms with Crippen LogP contribution in [0.2, 0.25) is 0 Å². The lowest BCUT2D eigenvalue weighted by atomic mass is 9.62. The van der Waals surface area contributed by atoms with Gasteiger partial charge in [0.25, 0.3) is 0 Å². The Bertz CT molecular complexity index is 256. The van der Waals surface area contributed by atoms with Gasteiger partial charge in [0.2, 0.25) is 0 Å². The van der Waals surface area contributed by atoms with Gasteiger partial charge in [0, 0.05) is 6.54 Å². The molecule has 1 N–H and O–H groups in total. The second kappa shape index (κ2) is 9.18. The van der Waals surface area contributed by atoms with Gasteiger partial charge in [-0.15, -0.1) is 0 Å². The molecule has 1 aliphatic rings. The van der Waals surface area contributed by atoms with Crippen molar-refractivity contribution in [3.63, 3.8) is 0 Å². The van der Waals surface area contributed by atoms with Crippen LogP contribution in [0.5, 0.6) is 0 Å². The van der Waals surface area contributed by atoms with Crippen molar-refractivity contribution in [3.8, 4) is 0 Å². The van der Waals surface area contributed by atoms with Gasteiger partial charge in [0.1, 0.15) is 0 Å². The molecule has 0 radical (unpaired) electrons. The zero-order valence-corrected chi connectivity index (χ0v) is 15.6. The van der Waals surface area contributed by atoms with Crippen LogP contribution in [0, 0.1) is 16.7 Å². The van der Waals surface area contributed by atoms with E-state index in [2.05, 4.69) is 40.1 Å². The second-order valence-corrected chi connectivity index (χ2v) is 8.69. The second-order valence-electron chi connectivity index (χ2n) is 8.69. The van der Waals surface area contributed by atoms with E-state index in [9.17, 15) is 0 Å². The van der Waals surface area contributed by atoms with E-state index >= 15 is 0 Å². The lowest BCUT2D eigenvalue weighted by Gasteiger charge is -2.44. The van der Waals surface area contributed by atoms with Crippen molar-refractivity contribution < 1.29 is 0 Å². The Kier molecular flexibility index (Phi) is 8.31. The van der Waals surface area contributed by atoms with E-state index in [-0.39, 0.29) is 0 Å². The fourth-order valence-electron chi connectivity index (χ4n) is 4.27. The molecular weight excluding hydrogens is 254 g/mol. The molecule has 0 amide bonds. The highest BCUT2D eigenvalue weighted by atomic mass is 14.8. The molecule has 0 bridgehead atoms. The Labute approximate surface area is 134 Å². The minimum Gasteiger partial charge on any atom is -0.319 e. The number of unbranched alkanes of at least 4 members (excludes halogenated alkanes) is 5. The molecule has 0 atom stereocenters. The summed E-state index contributed by atoms with van der Waals surface area (Å²) >= 11 is 0. The van der Waals surface area contributed by atoms with Crippen LogP contribution in [0.3, 0.4) is 0 Å². The average molecular weight is 296 g/mol. The molecule has 0 aliphatic heterocycles. The van der Waals surface area contributed by atoms with Gasteiger partial charge in [-0.3, -0.25) is 0 Å². The van der Waals surface area contributed by atoms with Crippen LogP contribution < -0.4 is 5.32 Å². The summed E-state index contributed by atoms with van der Waals surface area (Å²) in [6, 6.07) is 0. The van der Waals surface area contributed by atoms with Gasteiger partial charge in [0.15, 0.2) is 0 Å². The molecule has 0 aromatic carbocycles. The summed E-state index contributed by atoms with van der Waals surface area (Å²) in [5, 5.41) is 3.49. The first-order chi connectivity index (χ1) is 9.93. The third-order valence-corrected chi connectivity index (χ3v) is 5.88. The Morgan fingerprint density at radius 1 is 0.952 bits per heavy atom. The van der Waals surface area contributed by atoms with Crippen LogP contribution in [-0.2, 0) is 0 Å². The molecule has 0 heterocycles. The Balaban J connectivity index is 2.35. The SMILES string of the molecule is CCCCCCCCC1(CNC)CCC(C(C)(C)C)CC1. The van der Waals surface area contributed by atoms with Crippen molar-refractivity contribution in [3.05, 3.63) is 0 Å². The summed E-state index contributed by atoms with van der Waals surface area (Å²) in [5.41, 5.74) is 1.12. The molecule has 1 nitrogen and oxygen atoms in total. The molecule has 126 valence electrons. The normalized spacial score (nSPS) is 27.0. The number of hydrogen-bond acceptors (Lipinski definition) is 1. The standard InChI is InChI=1S/C20H41N/c1-6-7-8-9-10-11-14-20(17-21-5)15-12-18(13-16-20)19(2,3)4/h18,21H,6-17H2,1-5H3. The Morgan fingerprint density at radius 2 is 1.52 bits per heavy atom. The topological polar surface area (TPSA) is 12.0 Å². The summed E-state index contributed by atoms with van der Waals surface area (Å²) in [7, 11) is 2.14. The van der Waals surface area contributed by atoms with Gasteiger partial charge < -0.3 is 5.32 Å². The van der Waals surface area contributed by atoms with Gasteiger partial charge >= 0.3 is 0 Å². The monoisotopic (exact) mass is 295 g/mol. The van der Waals surface area contributed by atoms with Gasteiger partial charge in [-0.25, -0.2) is 0 Å². The van der Waals surface area contributed by atoms with Crippen LogP contribution in [0.25, 0.3) is 0 Å². The van der Waals surface area contributed by atoms with E-state index < -0.39 is 0 Å². The molecule has 1 fully saturated rings. The van der Waals surface area contributed by atoms with E-state index in [1.807, 2.05) is 0 Å². The van der Waals surface area contributed by atoms with E-state index in [0.717, 1.165) is 5.92 Å². The van der Waals surface area contributed by atoms with Gasteiger partial charge in [-0.05, 0) is 55.9 Å². The predicted molar refractivity (Wildman–Crippen MR) is 95.8 cm³/mol. The van der Waals surface area contributed by atoms with Crippen molar-refractivity contribution >= 4 is 0 Å². The maximum Gasteiger partial charge on any atom is 0.000481 e. The van der Waals surface area contributed by atoms with E-state index in [0.29, 0.717) is 10.8 Å². The lowest BCUT2D eigenvalue weighted by molar-refractivity contribution is 0.0790. The summed E-state index contributed by atoms with van der Waals surface area (Å²) in [6.45, 7) is 10.8. The molecular formula is C20H41N. The third kappa shape index (κ3) is 6.72. The van der Waals surface area contributed by atoms with Crippen molar-refractivity contribution in [2.24, 2.45) is 16.7 Å². The van der Waals surface area contributed by atoms with Crippen molar-refractivity contribution in [1.82, 2.24) is 5.32 Å². The predicted octanol–water partition coefficient (Wildman–Crippen LogP) is 6.18. The fourth-order valence-corrected chi connectivity index (χ4v) is 4.27. The molecule has 0 saturated heterocycles. The number of hydrogen-bond donors (Lipinski definition) is 1. The number of nitrogens with one attached hydrogen (secondary N) is 1. The van der Waals surface area contributed by atoms with Gasteiger partial charge in [-0.2, -0.15) is 0 Å². The van der Waals surface area contributed by atoms with E-state index in [1.165, 1.54) is 77.2 Å². The third-order valence-electron chi connectivity index (χ3n) is 5.88. The molecule has 0 spiro atoms. The zero-order valence-electron chi connectivity index (χ0n) is 15.6. The lowest BCUT2D eigenvalue weighted by Crippen LogP contribution is -2.38. The summed E-state index contributed by atoms with van der Waals surface area (Å²) in [4.78, 5) is 0. The number of rotatable bonds is 9. The quantitative estimate of drug-likeness (QED) is 0.501. The summed E-state index contributed by atoms with van der Waals surface area (Å²) in [6.07, 6.45) is 15.8. The first kappa shape index (κ1) is 19.0. The minimum absolute atomic E-state index is 0.506. The van der Waals surface area contributed by atoms with Crippen LogP contribution >= 0.6 is 0 Å². The highest BCUT2D eigenvalue weighted by Crippen LogP contribution is 2.47. The molecule has 0 unspecified atom stereocenters. The van der Waals surface area contributed by atoms with Gasteiger partial charge in [0.05, 0.1) is 0 Å².